The Labute approximate surface area is 112 Å². The summed E-state index contributed by atoms with van der Waals surface area (Å²) in [5.74, 6) is 1.93. The second kappa shape index (κ2) is 5.73. The minimum absolute atomic E-state index is 0.0266. The third kappa shape index (κ3) is 3.70. The molecule has 0 radical (unpaired) electrons. The van der Waals surface area contributed by atoms with Gasteiger partial charge in [-0.1, -0.05) is 0 Å². The molecule has 5 N–H and O–H groups in total. The number of anilines is 3. The van der Waals surface area contributed by atoms with Crippen LogP contribution in [0.3, 0.4) is 0 Å². The Kier molecular flexibility index (Phi) is 4.03. The van der Waals surface area contributed by atoms with E-state index in [1.165, 1.54) is 0 Å². The van der Waals surface area contributed by atoms with Gasteiger partial charge in [-0.2, -0.15) is 9.97 Å². The lowest BCUT2D eigenvalue weighted by Gasteiger charge is -2.32. The number of hydrogen-bond donors (Lipinski definition) is 3. The van der Waals surface area contributed by atoms with Gasteiger partial charge in [-0.05, 0) is 18.8 Å². The normalized spacial score (nSPS) is 16.4. The highest BCUT2D eigenvalue weighted by molar-refractivity contribution is 5.72. The molecule has 1 fully saturated rings. The molecular formula is C12H20N6O. The maximum Gasteiger partial charge on any atom is 0.223 e. The van der Waals surface area contributed by atoms with Crippen LogP contribution in [0.1, 0.15) is 19.8 Å². The van der Waals surface area contributed by atoms with E-state index in [4.69, 9.17) is 11.5 Å². The standard InChI is InChI=1S/C12H20N6O/c1-8(19)15-7-9-2-4-18(5-3-9)11-6-10(13)16-12(14)17-11/h6,9H,2-5,7H2,1H3,(H,15,19)(H4,13,14,16,17). The topological polar surface area (TPSA) is 110 Å². The average molecular weight is 264 g/mol. The highest BCUT2D eigenvalue weighted by Crippen LogP contribution is 2.22. The van der Waals surface area contributed by atoms with Crippen molar-refractivity contribution in [1.82, 2.24) is 15.3 Å². The van der Waals surface area contributed by atoms with Gasteiger partial charge >= 0.3 is 0 Å². The zero-order valence-electron chi connectivity index (χ0n) is 11.1. The summed E-state index contributed by atoms with van der Waals surface area (Å²) in [6.07, 6.45) is 2.04. The molecule has 1 aliphatic heterocycles. The molecule has 0 saturated carbocycles. The van der Waals surface area contributed by atoms with Crippen molar-refractivity contribution in [2.75, 3.05) is 36.0 Å². The SMILES string of the molecule is CC(=O)NCC1CCN(c2cc(N)nc(N)n2)CC1. The number of aromatic nitrogens is 2. The van der Waals surface area contributed by atoms with Crippen LogP contribution in [0.5, 0.6) is 0 Å². The van der Waals surface area contributed by atoms with E-state index < -0.39 is 0 Å². The van der Waals surface area contributed by atoms with Crippen LogP contribution in [-0.2, 0) is 4.79 Å². The number of carbonyl (C=O) groups excluding carboxylic acids is 1. The van der Waals surface area contributed by atoms with Crippen molar-refractivity contribution < 1.29 is 4.79 Å². The molecule has 2 rings (SSSR count). The zero-order valence-corrected chi connectivity index (χ0v) is 11.1. The Balaban J connectivity index is 1.90. The third-order valence-corrected chi connectivity index (χ3v) is 3.33. The van der Waals surface area contributed by atoms with Crippen LogP contribution < -0.4 is 21.7 Å². The fourth-order valence-corrected chi connectivity index (χ4v) is 2.29. The fraction of sp³-hybridized carbons (Fsp3) is 0.583. The van der Waals surface area contributed by atoms with Crippen molar-refractivity contribution in [1.29, 1.82) is 0 Å². The fourth-order valence-electron chi connectivity index (χ4n) is 2.29. The highest BCUT2D eigenvalue weighted by atomic mass is 16.1. The first-order valence-corrected chi connectivity index (χ1v) is 6.44. The molecule has 0 aromatic carbocycles. The summed E-state index contributed by atoms with van der Waals surface area (Å²) in [4.78, 5) is 21.1. The second-order valence-corrected chi connectivity index (χ2v) is 4.88. The summed E-state index contributed by atoms with van der Waals surface area (Å²) in [6.45, 7) is 4.07. The van der Waals surface area contributed by atoms with Gasteiger partial charge in [-0.25, -0.2) is 0 Å². The number of rotatable bonds is 3. The van der Waals surface area contributed by atoms with Crippen molar-refractivity contribution >= 4 is 23.5 Å². The minimum Gasteiger partial charge on any atom is -0.383 e. The van der Waals surface area contributed by atoms with E-state index in [0.29, 0.717) is 11.7 Å². The van der Waals surface area contributed by atoms with Gasteiger partial charge in [0.2, 0.25) is 11.9 Å². The van der Waals surface area contributed by atoms with Crippen LogP contribution in [-0.4, -0.2) is 35.5 Å². The van der Waals surface area contributed by atoms with E-state index in [9.17, 15) is 4.79 Å². The number of piperidine rings is 1. The van der Waals surface area contributed by atoms with Gasteiger partial charge in [-0.3, -0.25) is 4.79 Å². The molecule has 7 nitrogen and oxygen atoms in total. The average Bonchev–Trinajstić information content (AvgIpc) is 2.36. The summed E-state index contributed by atoms with van der Waals surface area (Å²) in [5, 5.41) is 2.86. The molecule has 1 amide bonds. The molecule has 104 valence electrons. The van der Waals surface area contributed by atoms with E-state index in [2.05, 4.69) is 20.2 Å². The molecule has 7 heteroatoms. The number of carbonyl (C=O) groups is 1. The molecule has 1 aromatic rings. The number of hydrogen-bond acceptors (Lipinski definition) is 6. The molecule has 0 atom stereocenters. The maximum absolute atomic E-state index is 10.9. The Morgan fingerprint density at radius 1 is 1.42 bits per heavy atom. The maximum atomic E-state index is 10.9. The molecule has 1 saturated heterocycles. The zero-order chi connectivity index (χ0) is 13.8. The minimum atomic E-state index is 0.0266. The third-order valence-electron chi connectivity index (χ3n) is 3.33. The Bertz CT molecular complexity index is 435. The number of amides is 1. The lowest BCUT2D eigenvalue weighted by Crippen LogP contribution is -2.38. The van der Waals surface area contributed by atoms with Gasteiger partial charge in [0, 0.05) is 32.6 Å². The van der Waals surface area contributed by atoms with Gasteiger partial charge in [0.15, 0.2) is 0 Å². The predicted octanol–water partition coefficient (Wildman–Crippen LogP) is -0.00650. The molecule has 19 heavy (non-hydrogen) atoms. The first kappa shape index (κ1) is 13.4. The predicted molar refractivity (Wildman–Crippen MR) is 74.5 cm³/mol. The molecular weight excluding hydrogens is 244 g/mol. The highest BCUT2D eigenvalue weighted by Gasteiger charge is 2.20. The van der Waals surface area contributed by atoms with E-state index in [1.54, 1.807) is 13.0 Å². The Morgan fingerprint density at radius 3 is 2.68 bits per heavy atom. The van der Waals surface area contributed by atoms with Crippen LogP contribution in [0, 0.1) is 5.92 Å². The summed E-state index contributed by atoms with van der Waals surface area (Å²) >= 11 is 0. The number of nitrogens with zero attached hydrogens (tertiary/aromatic N) is 3. The van der Waals surface area contributed by atoms with Crippen molar-refractivity contribution in [2.24, 2.45) is 5.92 Å². The van der Waals surface area contributed by atoms with Crippen molar-refractivity contribution in [3.63, 3.8) is 0 Å². The smallest absolute Gasteiger partial charge is 0.223 e. The number of nitrogens with one attached hydrogen (secondary N) is 1. The van der Waals surface area contributed by atoms with Gasteiger partial charge in [0.1, 0.15) is 11.6 Å². The lowest BCUT2D eigenvalue weighted by atomic mass is 9.97. The molecule has 2 heterocycles. The van der Waals surface area contributed by atoms with Crippen molar-refractivity contribution in [3.05, 3.63) is 6.07 Å². The Morgan fingerprint density at radius 2 is 2.11 bits per heavy atom. The molecule has 1 aliphatic rings. The van der Waals surface area contributed by atoms with Crippen LogP contribution in [0.2, 0.25) is 0 Å². The molecule has 0 unspecified atom stereocenters. The number of nitrogens with two attached hydrogens (primary N) is 2. The Hall–Kier alpha value is -2.05. The monoisotopic (exact) mass is 264 g/mol. The van der Waals surface area contributed by atoms with Crippen LogP contribution in [0.4, 0.5) is 17.6 Å². The molecule has 1 aromatic heterocycles. The van der Waals surface area contributed by atoms with E-state index >= 15 is 0 Å². The second-order valence-electron chi connectivity index (χ2n) is 4.88. The molecule has 0 aliphatic carbocycles. The quantitative estimate of drug-likeness (QED) is 0.708. The molecule has 0 bridgehead atoms. The largest absolute Gasteiger partial charge is 0.383 e. The van der Waals surface area contributed by atoms with E-state index in [0.717, 1.165) is 38.3 Å². The van der Waals surface area contributed by atoms with Crippen LogP contribution in [0.25, 0.3) is 0 Å². The summed E-state index contributed by atoms with van der Waals surface area (Å²) < 4.78 is 0. The van der Waals surface area contributed by atoms with Crippen LogP contribution in [0.15, 0.2) is 6.07 Å². The summed E-state index contributed by atoms with van der Waals surface area (Å²) in [7, 11) is 0. The number of nitrogen functional groups attached to an aromatic ring is 2. The van der Waals surface area contributed by atoms with Crippen LogP contribution >= 0.6 is 0 Å². The van der Waals surface area contributed by atoms with Crippen molar-refractivity contribution in [2.45, 2.75) is 19.8 Å². The van der Waals surface area contributed by atoms with E-state index in [-0.39, 0.29) is 11.9 Å². The molecule has 0 spiro atoms. The van der Waals surface area contributed by atoms with Gasteiger partial charge in [0.25, 0.3) is 0 Å². The van der Waals surface area contributed by atoms with Crippen molar-refractivity contribution in [3.8, 4) is 0 Å². The first-order chi connectivity index (χ1) is 9.04. The lowest BCUT2D eigenvalue weighted by molar-refractivity contribution is -0.119. The van der Waals surface area contributed by atoms with E-state index in [1.807, 2.05) is 0 Å². The van der Waals surface area contributed by atoms with Gasteiger partial charge in [0.05, 0.1) is 0 Å². The van der Waals surface area contributed by atoms with Gasteiger partial charge in [-0.15, -0.1) is 0 Å². The summed E-state index contributed by atoms with van der Waals surface area (Å²) in [6, 6.07) is 1.74. The first-order valence-electron chi connectivity index (χ1n) is 6.44. The summed E-state index contributed by atoms with van der Waals surface area (Å²) in [5.41, 5.74) is 11.3. The van der Waals surface area contributed by atoms with Gasteiger partial charge < -0.3 is 21.7 Å².